The zero-order valence-electron chi connectivity index (χ0n) is 15.6. The summed E-state index contributed by atoms with van der Waals surface area (Å²) in [6, 6.07) is 13.8. The quantitative estimate of drug-likeness (QED) is 0.902. The topological polar surface area (TPSA) is 60.0 Å². The first kappa shape index (κ1) is 17.7. The fraction of sp³-hybridized carbons (Fsp3) is 0.381. The average molecular weight is 368 g/mol. The molecule has 0 bridgehead atoms. The molecule has 4 rings (SSSR count). The maximum Gasteiger partial charge on any atom is 0.318 e. The van der Waals surface area contributed by atoms with E-state index in [1.54, 1.807) is 0 Å². The zero-order valence-corrected chi connectivity index (χ0v) is 15.6. The summed E-state index contributed by atoms with van der Waals surface area (Å²) in [5.41, 5.74) is 3.29. The predicted octanol–water partition coefficient (Wildman–Crippen LogP) is 3.40. The highest BCUT2D eigenvalue weighted by atomic mass is 16.7. The predicted molar refractivity (Wildman–Crippen MR) is 101 cm³/mol. The van der Waals surface area contributed by atoms with Gasteiger partial charge in [-0.3, -0.25) is 0 Å². The lowest BCUT2D eigenvalue weighted by atomic mass is 10.0. The Hall–Kier alpha value is -2.73. The Morgan fingerprint density at radius 3 is 2.85 bits per heavy atom. The highest BCUT2D eigenvalue weighted by molar-refractivity contribution is 5.74. The van der Waals surface area contributed by atoms with Gasteiger partial charge in [0, 0.05) is 6.54 Å². The van der Waals surface area contributed by atoms with E-state index >= 15 is 0 Å². The normalized spacial score (nSPS) is 21.2. The van der Waals surface area contributed by atoms with Crippen LogP contribution in [0.25, 0.3) is 0 Å². The molecule has 2 heterocycles. The maximum atomic E-state index is 12.8. The molecule has 2 aliphatic rings. The molecule has 0 saturated carbocycles. The Balaban J connectivity index is 1.40. The summed E-state index contributed by atoms with van der Waals surface area (Å²) in [4.78, 5) is 14.6. The van der Waals surface area contributed by atoms with Gasteiger partial charge in [-0.15, -0.1) is 0 Å². The molecule has 6 heteroatoms. The van der Waals surface area contributed by atoms with Gasteiger partial charge in [-0.05, 0) is 42.7 Å². The summed E-state index contributed by atoms with van der Waals surface area (Å²) < 4.78 is 16.7. The third kappa shape index (κ3) is 3.71. The van der Waals surface area contributed by atoms with Crippen LogP contribution in [0.1, 0.15) is 29.7 Å². The Morgan fingerprint density at radius 1 is 1.19 bits per heavy atom. The second kappa shape index (κ2) is 7.48. The number of rotatable bonds is 3. The standard InChI is InChI=1S/C21H24N2O4/c1-14-5-3-4-6-17(14)20-11-23(15(2)12-25-20)21(24)22-10-16-7-8-18-19(9-16)27-13-26-18/h3-9,15,20H,10-13H2,1-2H3,(H,22,24)/t15-,20+/m0/s1. The first-order chi connectivity index (χ1) is 13.1. The minimum atomic E-state index is -0.0984. The molecule has 2 amide bonds. The zero-order chi connectivity index (χ0) is 18.8. The summed E-state index contributed by atoms with van der Waals surface area (Å²) in [7, 11) is 0. The van der Waals surface area contributed by atoms with Crippen molar-refractivity contribution in [2.45, 2.75) is 32.5 Å². The van der Waals surface area contributed by atoms with Crippen molar-refractivity contribution in [2.24, 2.45) is 0 Å². The molecule has 0 spiro atoms. The lowest BCUT2D eigenvalue weighted by Crippen LogP contribution is -2.51. The molecule has 0 radical (unpaired) electrons. The maximum absolute atomic E-state index is 12.8. The Bertz CT molecular complexity index is 839. The number of morpholine rings is 1. The Labute approximate surface area is 159 Å². The van der Waals surface area contributed by atoms with Gasteiger partial charge < -0.3 is 24.4 Å². The number of urea groups is 1. The van der Waals surface area contributed by atoms with Crippen molar-refractivity contribution < 1.29 is 19.0 Å². The number of hydrogen-bond acceptors (Lipinski definition) is 4. The van der Waals surface area contributed by atoms with Crippen LogP contribution in [0, 0.1) is 6.92 Å². The highest BCUT2D eigenvalue weighted by Gasteiger charge is 2.31. The molecule has 0 aromatic heterocycles. The summed E-state index contributed by atoms with van der Waals surface area (Å²) >= 11 is 0. The largest absolute Gasteiger partial charge is 0.454 e. The van der Waals surface area contributed by atoms with E-state index in [0.29, 0.717) is 19.7 Å². The minimum Gasteiger partial charge on any atom is -0.454 e. The summed E-state index contributed by atoms with van der Waals surface area (Å²) in [6.45, 7) is 5.83. The van der Waals surface area contributed by atoms with Crippen molar-refractivity contribution in [3.8, 4) is 11.5 Å². The van der Waals surface area contributed by atoms with Gasteiger partial charge in [0.15, 0.2) is 11.5 Å². The summed E-state index contributed by atoms with van der Waals surface area (Å²) in [6.07, 6.45) is -0.0984. The smallest absolute Gasteiger partial charge is 0.318 e. The Kier molecular flexibility index (Phi) is 4.90. The van der Waals surface area contributed by atoms with Crippen molar-refractivity contribution in [3.63, 3.8) is 0 Å². The van der Waals surface area contributed by atoms with Crippen LogP contribution in [0.2, 0.25) is 0 Å². The Morgan fingerprint density at radius 2 is 2.00 bits per heavy atom. The van der Waals surface area contributed by atoms with Gasteiger partial charge in [-0.2, -0.15) is 0 Å². The van der Waals surface area contributed by atoms with Crippen molar-refractivity contribution in [1.82, 2.24) is 10.2 Å². The van der Waals surface area contributed by atoms with E-state index in [-0.39, 0.29) is 25.0 Å². The van der Waals surface area contributed by atoms with Crippen LogP contribution in [-0.2, 0) is 11.3 Å². The number of nitrogens with zero attached hydrogens (tertiary/aromatic N) is 1. The van der Waals surface area contributed by atoms with Crippen LogP contribution in [0.5, 0.6) is 11.5 Å². The number of aryl methyl sites for hydroxylation is 1. The molecule has 2 aliphatic heterocycles. The van der Waals surface area contributed by atoms with Crippen LogP contribution in [-0.4, -0.2) is 36.9 Å². The molecule has 1 N–H and O–H groups in total. The number of benzene rings is 2. The van der Waals surface area contributed by atoms with Gasteiger partial charge in [-0.25, -0.2) is 4.79 Å². The molecule has 27 heavy (non-hydrogen) atoms. The van der Waals surface area contributed by atoms with Crippen molar-refractivity contribution in [3.05, 3.63) is 59.2 Å². The fourth-order valence-corrected chi connectivity index (χ4v) is 3.51. The molecule has 2 atom stereocenters. The number of ether oxygens (including phenoxy) is 3. The number of fused-ring (bicyclic) bond motifs is 1. The summed E-state index contributed by atoms with van der Waals surface area (Å²) in [5.74, 6) is 1.47. The molecule has 2 aromatic carbocycles. The third-order valence-corrected chi connectivity index (χ3v) is 5.11. The van der Waals surface area contributed by atoms with E-state index in [2.05, 4.69) is 24.4 Å². The van der Waals surface area contributed by atoms with Gasteiger partial charge in [-0.1, -0.05) is 30.3 Å². The molecule has 0 unspecified atom stereocenters. The van der Waals surface area contributed by atoms with Gasteiger partial charge in [0.05, 0.1) is 19.2 Å². The second-order valence-corrected chi connectivity index (χ2v) is 7.03. The highest BCUT2D eigenvalue weighted by Crippen LogP contribution is 2.32. The number of carbonyl (C=O) groups excluding carboxylic acids is 1. The molecule has 0 aliphatic carbocycles. The lowest BCUT2D eigenvalue weighted by Gasteiger charge is -2.38. The first-order valence-electron chi connectivity index (χ1n) is 9.22. The van der Waals surface area contributed by atoms with Crippen LogP contribution in [0.3, 0.4) is 0 Å². The molecule has 1 fully saturated rings. The number of hydrogen-bond donors (Lipinski definition) is 1. The second-order valence-electron chi connectivity index (χ2n) is 7.03. The van der Waals surface area contributed by atoms with E-state index in [1.165, 1.54) is 5.56 Å². The molecule has 142 valence electrons. The molecule has 2 aromatic rings. The number of amides is 2. The first-order valence-corrected chi connectivity index (χ1v) is 9.22. The molecule has 6 nitrogen and oxygen atoms in total. The SMILES string of the molecule is Cc1ccccc1[C@H]1CN(C(=O)NCc2ccc3c(c2)OCO3)[C@@H](C)CO1. The van der Waals surface area contributed by atoms with Crippen molar-refractivity contribution >= 4 is 6.03 Å². The van der Waals surface area contributed by atoms with Crippen LogP contribution >= 0.6 is 0 Å². The monoisotopic (exact) mass is 368 g/mol. The minimum absolute atomic E-state index is 0.0297. The summed E-state index contributed by atoms with van der Waals surface area (Å²) in [5, 5.41) is 3.01. The van der Waals surface area contributed by atoms with E-state index in [0.717, 1.165) is 22.6 Å². The lowest BCUT2D eigenvalue weighted by molar-refractivity contribution is -0.0430. The van der Waals surface area contributed by atoms with E-state index in [4.69, 9.17) is 14.2 Å². The van der Waals surface area contributed by atoms with Crippen LogP contribution < -0.4 is 14.8 Å². The molecular weight excluding hydrogens is 344 g/mol. The van der Waals surface area contributed by atoms with E-state index in [9.17, 15) is 4.79 Å². The van der Waals surface area contributed by atoms with Crippen LogP contribution in [0.15, 0.2) is 42.5 Å². The average Bonchev–Trinajstić information content (AvgIpc) is 3.15. The van der Waals surface area contributed by atoms with Gasteiger partial charge in [0.1, 0.15) is 6.10 Å². The van der Waals surface area contributed by atoms with Gasteiger partial charge in [0.2, 0.25) is 6.79 Å². The van der Waals surface area contributed by atoms with E-state index in [1.807, 2.05) is 42.2 Å². The fourth-order valence-electron chi connectivity index (χ4n) is 3.51. The number of carbonyl (C=O) groups is 1. The molecular formula is C21H24N2O4. The van der Waals surface area contributed by atoms with Crippen LogP contribution in [0.4, 0.5) is 4.79 Å². The third-order valence-electron chi connectivity index (χ3n) is 5.11. The number of nitrogens with one attached hydrogen (secondary N) is 1. The van der Waals surface area contributed by atoms with Crippen molar-refractivity contribution in [1.29, 1.82) is 0 Å². The van der Waals surface area contributed by atoms with Crippen molar-refractivity contribution in [2.75, 3.05) is 19.9 Å². The van der Waals surface area contributed by atoms with Gasteiger partial charge >= 0.3 is 6.03 Å². The van der Waals surface area contributed by atoms with Gasteiger partial charge in [0.25, 0.3) is 0 Å². The van der Waals surface area contributed by atoms with E-state index < -0.39 is 0 Å². The molecule has 1 saturated heterocycles.